The average molecular weight is 310 g/mol. The van der Waals surface area contributed by atoms with E-state index in [4.69, 9.17) is 4.52 Å². The number of aryl methyl sites for hydroxylation is 2. The van der Waals surface area contributed by atoms with E-state index < -0.39 is 10.0 Å². The largest absolute Gasteiger partial charge is 0.359 e. The molecule has 0 radical (unpaired) electrons. The molecular formula is C13H18N4O3S. The number of fused-ring (bicyclic) bond motifs is 1. The molecule has 2 aromatic rings. The highest BCUT2D eigenvalue weighted by Gasteiger charge is 2.25. The summed E-state index contributed by atoms with van der Waals surface area (Å²) < 4.78 is 34.3. The van der Waals surface area contributed by atoms with E-state index in [2.05, 4.69) is 21.8 Å². The molecule has 3 heterocycles. The molecule has 0 aliphatic carbocycles. The van der Waals surface area contributed by atoms with Gasteiger partial charge in [-0.25, -0.2) is 4.98 Å². The monoisotopic (exact) mass is 310 g/mol. The molecular weight excluding hydrogens is 292 g/mol. The van der Waals surface area contributed by atoms with E-state index in [1.54, 1.807) is 6.20 Å². The molecule has 0 amide bonds. The molecule has 1 aliphatic rings. The van der Waals surface area contributed by atoms with Crippen molar-refractivity contribution >= 4 is 15.7 Å². The van der Waals surface area contributed by atoms with E-state index in [0.29, 0.717) is 17.9 Å². The van der Waals surface area contributed by atoms with Crippen LogP contribution in [0.1, 0.15) is 44.3 Å². The Bertz CT molecular complexity index is 747. The molecule has 2 aromatic heterocycles. The summed E-state index contributed by atoms with van der Waals surface area (Å²) in [4.78, 5) is 4.27. The molecule has 0 bridgehead atoms. The van der Waals surface area contributed by atoms with Gasteiger partial charge in [-0.05, 0) is 19.8 Å². The maximum Gasteiger partial charge on any atom is 0.281 e. The van der Waals surface area contributed by atoms with Crippen LogP contribution in [0.25, 0.3) is 0 Å². The first kappa shape index (κ1) is 14.1. The van der Waals surface area contributed by atoms with Crippen LogP contribution < -0.4 is 4.72 Å². The maximum absolute atomic E-state index is 12.4. The Hall–Kier alpha value is -1.83. The van der Waals surface area contributed by atoms with Gasteiger partial charge in [0.05, 0.1) is 6.20 Å². The van der Waals surface area contributed by atoms with Gasteiger partial charge in [-0.3, -0.25) is 4.72 Å². The number of hydrogen-bond acceptors (Lipinski definition) is 5. The van der Waals surface area contributed by atoms with Gasteiger partial charge in [0.25, 0.3) is 10.0 Å². The van der Waals surface area contributed by atoms with Crippen LogP contribution in [0.5, 0.6) is 0 Å². The zero-order valence-electron chi connectivity index (χ0n) is 12.0. The van der Waals surface area contributed by atoms with Gasteiger partial charge in [-0.2, -0.15) is 8.42 Å². The molecule has 1 N–H and O–H groups in total. The van der Waals surface area contributed by atoms with Gasteiger partial charge in [-0.1, -0.05) is 12.1 Å². The number of nitrogens with zero attached hydrogens (tertiary/aromatic N) is 3. The number of hydrogen-bond donors (Lipinski definition) is 1. The fourth-order valence-corrected chi connectivity index (χ4v) is 3.64. The standard InChI is InChI=1S/C13H18N4O3S/c1-3-11-10(7-14-20-11)16-21(18,19)13-8-17-9(2)5-4-6-12(17)15-13/h7-9,16H,3-6H2,1-2H3. The van der Waals surface area contributed by atoms with E-state index in [1.807, 2.05) is 11.5 Å². The summed E-state index contributed by atoms with van der Waals surface area (Å²) >= 11 is 0. The van der Waals surface area contributed by atoms with Crippen molar-refractivity contribution in [1.82, 2.24) is 14.7 Å². The first-order chi connectivity index (χ1) is 10.0. The fourth-order valence-electron chi connectivity index (χ4n) is 2.60. The summed E-state index contributed by atoms with van der Waals surface area (Å²) in [5, 5.41) is 3.67. The highest BCUT2D eigenvalue weighted by atomic mass is 32.2. The van der Waals surface area contributed by atoms with E-state index in [1.165, 1.54) is 6.20 Å². The summed E-state index contributed by atoms with van der Waals surface area (Å²) in [6, 6.07) is 0.284. The predicted molar refractivity (Wildman–Crippen MR) is 76.6 cm³/mol. The second-order valence-corrected chi connectivity index (χ2v) is 6.89. The summed E-state index contributed by atoms with van der Waals surface area (Å²) in [5.41, 5.74) is 0.372. The van der Waals surface area contributed by atoms with Gasteiger partial charge in [0, 0.05) is 25.1 Å². The number of rotatable bonds is 4. The Balaban J connectivity index is 1.92. The predicted octanol–water partition coefficient (Wildman–Crippen LogP) is 2.13. The van der Waals surface area contributed by atoms with Crippen LogP contribution in [0.3, 0.4) is 0 Å². The summed E-state index contributed by atoms with van der Waals surface area (Å²) in [6.07, 6.45) is 6.44. The summed E-state index contributed by atoms with van der Waals surface area (Å²) in [6.45, 7) is 3.94. The lowest BCUT2D eigenvalue weighted by atomic mass is 10.1. The van der Waals surface area contributed by atoms with E-state index in [0.717, 1.165) is 25.1 Å². The zero-order valence-corrected chi connectivity index (χ0v) is 12.9. The molecule has 1 aliphatic heterocycles. The quantitative estimate of drug-likeness (QED) is 0.934. The van der Waals surface area contributed by atoms with Crippen molar-refractivity contribution < 1.29 is 12.9 Å². The highest BCUT2D eigenvalue weighted by Crippen LogP contribution is 2.26. The minimum Gasteiger partial charge on any atom is -0.359 e. The molecule has 0 saturated carbocycles. The topological polar surface area (TPSA) is 90.0 Å². The molecule has 0 spiro atoms. The van der Waals surface area contributed by atoms with Crippen molar-refractivity contribution in [2.75, 3.05) is 4.72 Å². The van der Waals surface area contributed by atoms with E-state index >= 15 is 0 Å². The Morgan fingerprint density at radius 1 is 1.52 bits per heavy atom. The summed E-state index contributed by atoms with van der Waals surface area (Å²) in [7, 11) is -3.72. The van der Waals surface area contributed by atoms with Gasteiger partial charge in [0.2, 0.25) is 0 Å². The van der Waals surface area contributed by atoms with E-state index in [-0.39, 0.29) is 11.1 Å². The molecule has 21 heavy (non-hydrogen) atoms. The van der Waals surface area contributed by atoms with Gasteiger partial charge in [0.1, 0.15) is 11.5 Å². The molecule has 1 unspecified atom stereocenters. The highest BCUT2D eigenvalue weighted by molar-refractivity contribution is 7.92. The van der Waals surface area contributed by atoms with Crippen molar-refractivity contribution in [2.24, 2.45) is 0 Å². The third-order valence-electron chi connectivity index (χ3n) is 3.77. The number of imidazole rings is 1. The second-order valence-electron chi connectivity index (χ2n) is 5.27. The van der Waals surface area contributed by atoms with Gasteiger partial charge in [0.15, 0.2) is 10.8 Å². The van der Waals surface area contributed by atoms with Crippen LogP contribution in [0, 0.1) is 0 Å². The lowest BCUT2D eigenvalue weighted by Gasteiger charge is -2.20. The van der Waals surface area contributed by atoms with Crippen molar-refractivity contribution in [2.45, 2.75) is 50.6 Å². The third kappa shape index (κ3) is 2.55. The molecule has 114 valence electrons. The molecule has 8 heteroatoms. The Morgan fingerprint density at radius 2 is 2.33 bits per heavy atom. The minimum atomic E-state index is -3.72. The molecule has 0 saturated heterocycles. The van der Waals surface area contributed by atoms with E-state index in [9.17, 15) is 8.42 Å². The maximum atomic E-state index is 12.4. The van der Waals surface area contributed by atoms with Crippen LogP contribution in [-0.2, 0) is 22.9 Å². The molecule has 0 fully saturated rings. The van der Waals surface area contributed by atoms with Crippen molar-refractivity contribution in [3.05, 3.63) is 24.0 Å². The Labute approximate surface area is 123 Å². The lowest BCUT2D eigenvalue weighted by molar-refractivity contribution is 0.387. The smallest absolute Gasteiger partial charge is 0.281 e. The van der Waals surface area contributed by atoms with Crippen molar-refractivity contribution in [1.29, 1.82) is 0 Å². The Kier molecular flexibility index (Phi) is 3.48. The first-order valence-electron chi connectivity index (χ1n) is 7.05. The van der Waals surface area contributed by atoms with Gasteiger partial charge >= 0.3 is 0 Å². The number of sulfonamides is 1. The van der Waals surface area contributed by atoms with Crippen LogP contribution >= 0.6 is 0 Å². The van der Waals surface area contributed by atoms with Crippen LogP contribution in [0.4, 0.5) is 5.69 Å². The van der Waals surface area contributed by atoms with Crippen molar-refractivity contribution in [3.8, 4) is 0 Å². The lowest BCUT2D eigenvalue weighted by Crippen LogP contribution is -2.14. The third-order valence-corrected chi connectivity index (χ3v) is 5.01. The minimum absolute atomic E-state index is 0.0505. The number of aromatic nitrogens is 3. The fraction of sp³-hybridized carbons (Fsp3) is 0.538. The Morgan fingerprint density at radius 3 is 3.05 bits per heavy atom. The molecule has 1 atom stereocenters. The van der Waals surface area contributed by atoms with Crippen LogP contribution in [0.15, 0.2) is 21.9 Å². The van der Waals surface area contributed by atoms with Crippen LogP contribution in [-0.4, -0.2) is 23.1 Å². The average Bonchev–Trinajstić information content (AvgIpc) is 3.05. The molecule has 0 aromatic carbocycles. The molecule has 7 nitrogen and oxygen atoms in total. The zero-order chi connectivity index (χ0) is 15.0. The normalized spacial score (nSPS) is 18.5. The second kappa shape index (κ2) is 5.18. The summed E-state index contributed by atoms with van der Waals surface area (Å²) in [5.74, 6) is 1.34. The van der Waals surface area contributed by atoms with Gasteiger partial charge < -0.3 is 9.09 Å². The number of nitrogens with one attached hydrogen (secondary N) is 1. The number of anilines is 1. The first-order valence-corrected chi connectivity index (χ1v) is 8.53. The van der Waals surface area contributed by atoms with Crippen molar-refractivity contribution in [3.63, 3.8) is 0 Å². The molecule has 3 rings (SSSR count). The SMILES string of the molecule is CCc1oncc1NS(=O)(=O)c1cn2c(n1)CCCC2C. The van der Waals surface area contributed by atoms with Crippen LogP contribution in [0.2, 0.25) is 0 Å². The van der Waals surface area contributed by atoms with Gasteiger partial charge in [-0.15, -0.1) is 0 Å².